The van der Waals surface area contributed by atoms with Gasteiger partial charge in [0.25, 0.3) is 11.7 Å². The predicted molar refractivity (Wildman–Crippen MR) is 105 cm³/mol. The van der Waals surface area contributed by atoms with E-state index in [2.05, 4.69) is 10.4 Å². The molecule has 0 bridgehead atoms. The lowest BCUT2D eigenvalue weighted by Gasteiger charge is -2.15. The highest BCUT2D eigenvalue weighted by atomic mass is 35.5. The van der Waals surface area contributed by atoms with Crippen molar-refractivity contribution in [3.05, 3.63) is 82.1 Å². The minimum Gasteiger partial charge on any atom is -0.343 e. The zero-order chi connectivity index (χ0) is 19.6. The van der Waals surface area contributed by atoms with Crippen molar-refractivity contribution in [1.29, 1.82) is 0 Å². The summed E-state index contributed by atoms with van der Waals surface area (Å²) in [6.07, 6.45) is 0. The first kappa shape index (κ1) is 18.9. The van der Waals surface area contributed by atoms with Gasteiger partial charge in [-0.15, -0.1) is 0 Å². The second-order valence-corrected chi connectivity index (χ2v) is 6.75. The normalized spacial score (nSPS) is 11.9. The molecule has 0 aliphatic heterocycles. The number of rotatable bonds is 5. The van der Waals surface area contributed by atoms with Crippen LogP contribution in [0.4, 0.5) is 0 Å². The van der Waals surface area contributed by atoms with Crippen LogP contribution in [0.25, 0.3) is 5.69 Å². The molecule has 0 saturated heterocycles. The Labute approximate surface area is 163 Å². The van der Waals surface area contributed by atoms with Gasteiger partial charge in [0, 0.05) is 5.02 Å². The SMILES string of the molecule is Cc1nn(-c2ccccc2)c(C)c1C(=O)C(=O)N[C@@H](C)c1ccccc1Cl. The summed E-state index contributed by atoms with van der Waals surface area (Å²) < 4.78 is 1.67. The van der Waals surface area contributed by atoms with Gasteiger partial charge in [-0.3, -0.25) is 9.59 Å². The van der Waals surface area contributed by atoms with E-state index in [1.807, 2.05) is 48.5 Å². The first-order valence-electron chi connectivity index (χ1n) is 8.61. The van der Waals surface area contributed by atoms with Gasteiger partial charge < -0.3 is 5.32 Å². The number of halogens is 1. The van der Waals surface area contributed by atoms with Gasteiger partial charge in [0.05, 0.1) is 28.7 Å². The number of Topliss-reactive ketones (excluding diaryl/α,β-unsaturated/α-hetero) is 1. The molecule has 0 unspecified atom stereocenters. The van der Waals surface area contributed by atoms with Crippen molar-refractivity contribution in [2.75, 3.05) is 0 Å². The van der Waals surface area contributed by atoms with Crippen molar-refractivity contribution in [3.8, 4) is 5.69 Å². The molecule has 0 saturated carbocycles. The maximum atomic E-state index is 12.8. The number of ketones is 1. The highest BCUT2D eigenvalue weighted by Crippen LogP contribution is 2.23. The van der Waals surface area contributed by atoms with E-state index in [0.717, 1.165) is 11.3 Å². The van der Waals surface area contributed by atoms with E-state index in [-0.39, 0.29) is 6.04 Å². The molecular formula is C21H20ClN3O2. The average molecular weight is 382 g/mol. The topological polar surface area (TPSA) is 64.0 Å². The standard InChI is InChI=1S/C21H20ClN3O2/c1-13(17-11-7-8-12-18(17)22)23-21(27)20(26)19-14(2)24-25(15(19)3)16-9-5-4-6-10-16/h4-13H,1-3H3,(H,23,27)/t13-/m0/s1. The lowest BCUT2D eigenvalue weighted by atomic mass is 10.1. The van der Waals surface area contributed by atoms with Crippen molar-refractivity contribution in [1.82, 2.24) is 15.1 Å². The number of hydrogen-bond donors (Lipinski definition) is 1. The van der Waals surface area contributed by atoms with Crippen LogP contribution in [0.1, 0.15) is 40.3 Å². The zero-order valence-corrected chi connectivity index (χ0v) is 16.1. The molecule has 0 aliphatic carbocycles. The Hall–Kier alpha value is -2.92. The van der Waals surface area contributed by atoms with Gasteiger partial charge in [-0.25, -0.2) is 4.68 Å². The maximum Gasteiger partial charge on any atom is 0.293 e. The van der Waals surface area contributed by atoms with Crippen molar-refractivity contribution in [2.45, 2.75) is 26.8 Å². The number of aryl methyl sites for hydroxylation is 1. The van der Waals surface area contributed by atoms with E-state index in [9.17, 15) is 9.59 Å². The average Bonchev–Trinajstić information content (AvgIpc) is 2.96. The van der Waals surface area contributed by atoms with Crippen molar-refractivity contribution in [2.24, 2.45) is 0 Å². The number of nitrogens with one attached hydrogen (secondary N) is 1. The van der Waals surface area contributed by atoms with E-state index in [1.165, 1.54) is 0 Å². The first-order chi connectivity index (χ1) is 12.9. The molecule has 0 fully saturated rings. The fraction of sp³-hybridized carbons (Fsp3) is 0.190. The molecular weight excluding hydrogens is 362 g/mol. The van der Waals surface area contributed by atoms with Crippen LogP contribution in [-0.2, 0) is 4.79 Å². The van der Waals surface area contributed by atoms with E-state index in [1.54, 1.807) is 31.5 Å². The molecule has 1 heterocycles. The Morgan fingerprint density at radius 2 is 1.67 bits per heavy atom. The van der Waals surface area contributed by atoms with Gasteiger partial charge >= 0.3 is 0 Å². The Kier molecular flexibility index (Phi) is 5.42. The Balaban J connectivity index is 1.85. The van der Waals surface area contributed by atoms with Crippen LogP contribution in [0.15, 0.2) is 54.6 Å². The van der Waals surface area contributed by atoms with Crippen LogP contribution < -0.4 is 5.32 Å². The van der Waals surface area contributed by atoms with E-state index < -0.39 is 11.7 Å². The quantitative estimate of drug-likeness (QED) is 0.532. The highest BCUT2D eigenvalue weighted by Gasteiger charge is 2.26. The smallest absolute Gasteiger partial charge is 0.293 e. The number of amides is 1. The van der Waals surface area contributed by atoms with E-state index in [4.69, 9.17) is 11.6 Å². The minimum atomic E-state index is -0.679. The molecule has 0 spiro atoms. The molecule has 0 radical (unpaired) electrons. The van der Waals surface area contributed by atoms with Crippen LogP contribution in [0, 0.1) is 13.8 Å². The third-order valence-electron chi connectivity index (χ3n) is 4.44. The Morgan fingerprint density at radius 3 is 2.33 bits per heavy atom. The minimum absolute atomic E-state index is 0.322. The summed E-state index contributed by atoms with van der Waals surface area (Å²) >= 11 is 6.17. The summed E-state index contributed by atoms with van der Waals surface area (Å²) in [6, 6.07) is 16.3. The third-order valence-corrected chi connectivity index (χ3v) is 4.79. The molecule has 6 heteroatoms. The number of carbonyl (C=O) groups excluding carboxylic acids is 2. The van der Waals surface area contributed by atoms with Crippen LogP contribution in [0.2, 0.25) is 5.02 Å². The second-order valence-electron chi connectivity index (χ2n) is 6.34. The van der Waals surface area contributed by atoms with Crippen LogP contribution in [0.5, 0.6) is 0 Å². The van der Waals surface area contributed by atoms with Crippen molar-refractivity contribution in [3.63, 3.8) is 0 Å². The number of benzene rings is 2. The first-order valence-corrected chi connectivity index (χ1v) is 8.99. The molecule has 1 N–H and O–H groups in total. The Bertz CT molecular complexity index is 996. The van der Waals surface area contributed by atoms with Crippen LogP contribution in [-0.4, -0.2) is 21.5 Å². The molecule has 5 nitrogen and oxygen atoms in total. The molecule has 2 aromatic carbocycles. The lowest BCUT2D eigenvalue weighted by molar-refractivity contribution is -0.117. The zero-order valence-electron chi connectivity index (χ0n) is 15.4. The molecule has 1 aromatic heterocycles. The summed E-state index contributed by atoms with van der Waals surface area (Å²) in [5.74, 6) is -1.28. The van der Waals surface area contributed by atoms with Gasteiger partial charge in [-0.05, 0) is 44.5 Å². The van der Waals surface area contributed by atoms with Gasteiger partial charge in [0.15, 0.2) is 0 Å². The molecule has 3 rings (SSSR count). The number of aromatic nitrogens is 2. The number of para-hydroxylation sites is 1. The fourth-order valence-electron chi connectivity index (χ4n) is 3.07. The molecule has 27 heavy (non-hydrogen) atoms. The molecule has 0 aliphatic rings. The summed E-state index contributed by atoms with van der Waals surface area (Å²) in [5.41, 5.74) is 3.06. The molecule has 138 valence electrons. The van der Waals surface area contributed by atoms with Gasteiger partial charge in [-0.2, -0.15) is 5.10 Å². The van der Waals surface area contributed by atoms with Crippen molar-refractivity contribution >= 4 is 23.3 Å². The van der Waals surface area contributed by atoms with Gasteiger partial charge in [0.1, 0.15) is 0 Å². The predicted octanol–water partition coefficient (Wildman–Crippen LogP) is 4.20. The number of carbonyl (C=O) groups is 2. The molecule has 1 amide bonds. The summed E-state index contributed by atoms with van der Waals surface area (Å²) in [7, 11) is 0. The van der Waals surface area contributed by atoms with E-state index >= 15 is 0 Å². The second kappa shape index (κ2) is 7.76. The number of nitrogens with zero attached hydrogens (tertiary/aromatic N) is 2. The number of hydrogen-bond acceptors (Lipinski definition) is 3. The largest absolute Gasteiger partial charge is 0.343 e. The van der Waals surface area contributed by atoms with Gasteiger partial charge in [0.2, 0.25) is 0 Å². The lowest BCUT2D eigenvalue weighted by Crippen LogP contribution is -2.33. The van der Waals surface area contributed by atoms with Gasteiger partial charge in [-0.1, -0.05) is 48.0 Å². The molecule has 1 atom stereocenters. The third kappa shape index (κ3) is 3.78. The van der Waals surface area contributed by atoms with Crippen molar-refractivity contribution < 1.29 is 9.59 Å². The summed E-state index contributed by atoms with van der Waals surface area (Å²) in [6.45, 7) is 5.30. The monoisotopic (exact) mass is 381 g/mol. The van der Waals surface area contributed by atoms with Crippen LogP contribution in [0.3, 0.4) is 0 Å². The summed E-state index contributed by atoms with van der Waals surface area (Å²) in [4.78, 5) is 25.3. The summed E-state index contributed by atoms with van der Waals surface area (Å²) in [5, 5.41) is 7.70. The highest BCUT2D eigenvalue weighted by molar-refractivity contribution is 6.43. The molecule has 3 aromatic rings. The van der Waals surface area contributed by atoms with Crippen LogP contribution >= 0.6 is 11.6 Å². The Morgan fingerprint density at radius 1 is 1.04 bits per heavy atom. The van der Waals surface area contributed by atoms with E-state index in [0.29, 0.717) is 22.0 Å². The maximum absolute atomic E-state index is 12.8. The fourth-order valence-corrected chi connectivity index (χ4v) is 3.37.